The summed E-state index contributed by atoms with van der Waals surface area (Å²) >= 11 is 15.8. The van der Waals surface area contributed by atoms with Gasteiger partial charge in [-0.2, -0.15) is 8.78 Å². The van der Waals surface area contributed by atoms with Crippen LogP contribution in [0.15, 0.2) is 0 Å². The highest BCUT2D eigenvalue weighted by atomic mass is 35.6. The Bertz CT molecular complexity index is 281. The molecule has 1 unspecified atom stereocenters. The van der Waals surface area contributed by atoms with Gasteiger partial charge in [-0.25, -0.2) is 8.78 Å². The molecule has 0 saturated carbocycles. The van der Waals surface area contributed by atoms with Crippen molar-refractivity contribution in [3.05, 3.63) is 0 Å². The number of hydrogen-bond donors (Lipinski definition) is 0. The highest BCUT2D eigenvalue weighted by molar-refractivity contribution is 7.67. The number of rotatable bonds is 5. The number of halogens is 7. The summed E-state index contributed by atoms with van der Waals surface area (Å²) in [5.41, 5.74) is 0. The van der Waals surface area contributed by atoms with Gasteiger partial charge in [-0.15, -0.1) is 0 Å². The summed E-state index contributed by atoms with van der Waals surface area (Å²) < 4.78 is 61.9. The van der Waals surface area contributed by atoms with E-state index in [1.54, 1.807) is 0 Å². The van der Waals surface area contributed by atoms with Crippen LogP contribution < -0.4 is 0 Å². The number of alkyl halides is 7. The van der Waals surface area contributed by atoms with Crippen molar-refractivity contribution in [2.45, 2.75) is 22.8 Å². The first-order valence-corrected chi connectivity index (χ1v) is 6.87. The van der Waals surface area contributed by atoms with Gasteiger partial charge in [0, 0.05) is 6.16 Å². The fourth-order valence-corrected chi connectivity index (χ4v) is 3.18. The Morgan fingerprint density at radius 1 is 1.31 bits per heavy atom. The van der Waals surface area contributed by atoms with E-state index in [0.29, 0.717) is 0 Å². The van der Waals surface area contributed by atoms with Crippen LogP contribution >= 0.6 is 42.2 Å². The van der Waals surface area contributed by atoms with Crippen LogP contribution in [0.25, 0.3) is 0 Å². The molecule has 0 aromatic carbocycles. The van der Waals surface area contributed by atoms with Crippen molar-refractivity contribution in [3.8, 4) is 0 Å². The average Bonchev–Trinajstić information content (AvgIpc) is 2.12. The van der Waals surface area contributed by atoms with Crippen LogP contribution in [0.2, 0.25) is 0 Å². The minimum absolute atomic E-state index is 0.358. The highest BCUT2D eigenvalue weighted by Gasteiger charge is 2.49. The van der Waals surface area contributed by atoms with Crippen LogP contribution in [-0.4, -0.2) is 28.7 Å². The third-order valence-electron chi connectivity index (χ3n) is 1.59. The molecular formula is C6H8Cl3F4O2P. The topological polar surface area (TPSA) is 26.3 Å². The molecule has 0 aliphatic heterocycles. The molecule has 0 rings (SSSR count). The first-order chi connectivity index (χ1) is 6.96. The van der Waals surface area contributed by atoms with Crippen molar-refractivity contribution >= 4 is 42.2 Å². The van der Waals surface area contributed by atoms with Crippen LogP contribution in [0.3, 0.4) is 0 Å². The molecule has 0 amide bonds. The minimum atomic E-state index is -4.43. The van der Waals surface area contributed by atoms with Crippen molar-refractivity contribution in [1.29, 1.82) is 0 Å². The zero-order valence-electron chi connectivity index (χ0n) is 7.90. The van der Waals surface area contributed by atoms with Gasteiger partial charge in [0.2, 0.25) is 0 Å². The Labute approximate surface area is 105 Å². The molecule has 0 radical (unpaired) electrons. The van der Waals surface area contributed by atoms with Crippen molar-refractivity contribution in [1.82, 2.24) is 0 Å². The summed E-state index contributed by atoms with van der Waals surface area (Å²) in [6.45, 7) is -0.493. The largest absolute Gasteiger partial charge is 0.330 e. The molecule has 2 nitrogen and oxygen atoms in total. The van der Waals surface area contributed by atoms with Gasteiger partial charge in [-0.1, -0.05) is 41.7 Å². The van der Waals surface area contributed by atoms with Gasteiger partial charge in [-0.3, -0.25) is 4.57 Å². The standard InChI is InChI=1S/C6H8Cl3F4O2P/c1-2-16(14,6(7,8)9)15-3-5(12,13)4(10)11/h4H,2-3H2,1H3. The molecule has 0 spiro atoms. The molecule has 1 atom stereocenters. The summed E-state index contributed by atoms with van der Waals surface area (Å²) in [5.74, 6) is -4.43. The zero-order chi connectivity index (χ0) is 13.2. The van der Waals surface area contributed by atoms with Crippen LogP contribution in [0.1, 0.15) is 6.92 Å². The molecule has 0 N–H and O–H groups in total. The molecule has 0 saturated heterocycles. The molecule has 0 aliphatic rings. The Balaban J connectivity index is 4.67. The van der Waals surface area contributed by atoms with Gasteiger partial charge in [0.25, 0.3) is 10.9 Å². The number of hydrogen-bond acceptors (Lipinski definition) is 2. The quantitative estimate of drug-likeness (QED) is 0.422. The van der Waals surface area contributed by atoms with Crippen molar-refractivity contribution in [3.63, 3.8) is 0 Å². The molecule has 98 valence electrons. The van der Waals surface area contributed by atoms with Crippen molar-refractivity contribution in [2.24, 2.45) is 0 Å². The first kappa shape index (κ1) is 16.8. The van der Waals surface area contributed by atoms with Crippen molar-refractivity contribution in [2.75, 3.05) is 12.8 Å². The lowest BCUT2D eigenvalue weighted by molar-refractivity contribution is -0.148. The van der Waals surface area contributed by atoms with E-state index in [4.69, 9.17) is 34.8 Å². The highest BCUT2D eigenvalue weighted by Crippen LogP contribution is 2.65. The van der Waals surface area contributed by atoms with Gasteiger partial charge in [-0.05, 0) is 0 Å². The van der Waals surface area contributed by atoms with E-state index in [1.807, 2.05) is 0 Å². The van der Waals surface area contributed by atoms with E-state index in [0.717, 1.165) is 0 Å². The van der Waals surface area contributed by atoms with Gasteiger partial charge in [0.05, 0.1) is 0 Å². The van der Waals surface area contributed by atoms with E-state index in [-0.39, 0.29) is 6.16 Å². The first-order valence-electron chi connectivity index (χ1n) is 3.92. The van der Waals surface area contributed by atoms with E-state index in [1.165, 1.54) is 6.92 Å². The van der Waals surface area contributed by atoms with Gasteiger partial charge >= 0.3 is 12.3 Å². The summed E-state index contributed by atoms with van der Waals surface area (Å²) in [6.07, 6.45) is -4.30. The summed E-state index contributed by atoms with van der Waals surface area (Å²) in [4.78, 5) is 0. The molecule has 0 heterocycles. The molecule has 0 aromatic rings. The molecule has 0 fully saturated rings. The monoisotopic (exact) mass is 324 g/mol. The van der Waals surface area contributed by atoms with Crippen LogP contribution in [0.5, 0.6) is 0 Å². The molecule has 0 aromatic heterocycles. The van der Waals surface area contributed by atoms with E-state index >= 15 is 0 Å². The zero-order valence-corrected chi connectivity index (χ0v) is 11.1. The average molecular weight is 325 g/mol. The second-order valence-corrected chi connectivity index (χ2v) is 8.77. The van der Waals surface area contributed by atoms with Crippen LogP contribution in [0, 0.1) is 0 Å². The van der Waals surface area contributed by atoms with E-state index in [2.05, 4.69) is 4.52 Å². The maximum absolute atomic E-state index is 12.5. The molecule has 10 heteroatoms. The molecule has 0 bridgehead atoms. The predicted molar refractivity (Wildman–Crippen MR) is 55.3 cm³/mol. The smallest absolute Gasteiger partial charge is 0.319 e. The minimum Gasteiger partial charge on any atom is -0.319 e. The fourth-order valence-electron chi connectivity index (χ4n) is 0.597. The summed E-state index contributed by atoms with van der Waals surface area (Å²) in [6, 6.07) is 0. The Morgan fingerprint density at radius 2 is 1.75 bits per heavy atom. The maximum Gasteiger partial charge on any atom is 0.330 e. The van der Waals surface area contributed by atoms with Gasteiger partial charge < -0.3 is 4.52 Å². The summed E-state index contributed by atoms with van der Waals surface area (Å²) in [5, 5.41) is 0. The lowest BCUT2D eigenvalue weighted by Crippen LogP contribution is -2.32. The van der Waals surface area contributed by atoms with Gasteiger partial charge in [0.15, 0.2) is 0 Å². The Morgan fingerprint density at radius 3 is 2.00 bits per heavy atom. The molecule has 16 heavy (non-hydrogen) atoms. The predicted octanol–water partition coefficient (Wildman–Crippen LogP) is 4.53. The SMILES string of the molecule is CCP(=O)(OCC(F)(F)C(F)F)C(Cl)(Cl)Cl. The van der Waals surface area contributed by atoms with E-state index < -0.39 is 29.9 Å². The Kier molecular flexibility index (Phi) is 5.89. The molecule has 0 aliphatic carbocycles. The fraction of sp³-hybridized carbons (Fsp3) is 1.00. The van der Waals surface area contributed by atoms with Crippen molar-refractivity contribution < 1.29 is 26.7 Å². The Hall–Kier alpha value is 0.780. The normalized spacial score (nSPS) is 17.6. The lowest BCUT2D eigenvalue weighted by atomic mass is 10.4. The van der Waals surface area contributed by atoms with Crippen LogP contribution in [0.4, 0.5) is 17.6 Å². The lowest BCUT2D eigenvalue weighted by Gasteiger charge is -2.25. The second-order valence-electron chi connectivity index (χ2n) is 2.79. The van der Waals surface area contributed by atoms with Crippen LogP contribution in [-0.2, 0) is 9.09 Å². The third kappa shape index (κ3) is 4.22. The summed E-state index contributed by atoms with van der Waals surface area (Å²) in [7, 11) is -4.04. The second kappa shape index (κ2) is 5.61. The van der Waals surface area contributed by atoms with Gasteiger partial charge in [0.1, 0.15) is 6.61 Å². The van der Waals surface area contributed by atoms with E-state index in [9.17, 15) is 22.1 Å². The third-order valence-corrected chi connectivity index (χ3v) is 6.06. The molecular weight excluding hydrogens is 317 g/mol. The maximum atomic E-state index is 12.5.